The van der Waals surface area contributed by atoms with Gasteiger partial charge in [0.15, 0.2) is 12.4 Å². The van der Waals surface area contributed by atoms with Crippen LogP contribution >= 0.6 is 0 Å². The quantitative estimate of drug-likeness (QED) is 0.498. The monoisotopic (exact) mass is 472 g/mol. The number of benzene rings is 2. The number of carbonyl (C=O) groups excluding carboxylic acids is 2. The van der Waals surface area contributed by atoms with Crippen LogP contribution in [0.25, 0.3) is 0 Å². The summed E-state index contributed by atoms with van der Waals surface area (Å²) in [6, 6.07) is 17.0. The molecule has 1 N–H and O–H groups in total. The first-order valence-electron chi connectivity index (χ1n) is 11.3. The van der Waals surface area contributed by atoms with Crippen LogP contribution in [0, 0.1) is 0 Å². The highest BCUT2D eigenvalue weighted by molar-refractivity contribution is 5.81. The SMILES string of the molecule is COc1ccc(CO[C@@H]2[C@@H](OCc3ccccc3)[C@H](C)OC(O)[C@@H]2OC(=O)CCC(C)=O)cc1. The Morgan fingerprint density at radius 3 is 2.12 bits per heavy atom. The fourth-order valence-corrected chi connectivity index (χ4v) is 3.71. The Hall–Kier alpha value is -2.78. The Kier molecular flexibility index (Phi) is 9.59. The summed E-state index contributed by atoms with van der Waals surface area (Å²) < 4.78 is 28.7. The topological polar surface area (TPSA) is 101 Å². The number of hydrogen-bond acceptors (Lipinski definition) is 8. The molecule has 8 nitrogen and oxygen atoms in total. The minimum Gasteiger partial charge on any atom is -0.497 e. The van der Waals surface area contributed by atoms with Gasteiger partial charge in [-0.15, -0.1) is 0 Å². The molecule has 1 unspecified atom stereocenters. The number of ketones is 1. The second kappa shape index (κ2) is 12.6. The molecule has 1 aliphatic heterocycles. The molecule has 0 spiro atoms. The van der Waals surface area contributed by atoms with Crippen molar-refractivity contribution < 1.29 is 38.4 Å². The minimum atomic E-state index is -1.39. The lowest BCUT2D eigenvalue weighted by atomic mass is 9.98. The van der Waals surface area contributed by atoms with Crippen molar-refractivity contribution in [3.05, 3.63) is 65.7 Å². The molecule has 5 atom stereocenters. The average molecular weight is 473 g/mol. The van der Waals surface area contributed by atoms with E-state index in [9.17, 15) is 14.7 Å². The first-order chi connectivity index (χ1) is 16.4. The molecule has 3 rings (SSSR count). The fourth-order valence-electron chi connectivity index (χ4n) is 3.71. The van der Waals surface area contributed by atoms with E-state index in [1.165, 1.54) is 6.92 Å². The van der Waals surface area contributed by atoms with Crippen LogP contribution in [0.1, 0.15) is 37.8 Å². The van der Waals surface area contributed by atoms with Crippen molar-refractivity contribution >= 4 is 11.8 Å². The second-order valence-corrected chi connectivity index (χ2v) is 8.27. The van der Waals surface area contributed by atoms with Gasteiger partial charge in [-0.1, -0.05) is 42.5 Å². The van der Waals surface area contributed by atoms with Crippen LogP contribution < -0.4 is 4.74 Å². The van der Waals surface area contributed by atoms with Crippen LogP contribution in [0.15, 0.2) is 54.6 Å². The van der Waals surface area contributed by atoms with Gasteiger partial charge in [0.1, 0.15) is 23.7 Å². The van der Waals surface area contributed by atoms with Crippen LogP contribution in [-0.2, 0) is 41.8 Å². The lowest BCUT2D eigenvalue weighted by Crippen LogP contribution is -2.59. The highest BCUT2D eigenvalue weighted by Gasteiger charge is 2.47. The van der Waals surface area contributed by atoms with E-state index in [-0.39, 0.29) is 25.2 Å². The number of hydrogen-bond donors (Lipinski definition) is 1. The average Bonchev–Trinajstić information content (AvgIpc) is 2.83. The molecule has 1 heterocycles. The standard InChI is InChI=1S/C26H32O8/c1-17(27)9-14-22(28)34-25-24(32-16-20-10-12-21(30-3)13-11-20)23(18(2)33-26(25)29)31-15-19-7-5-4-6-8-19/h4-8,10-13,18,23-26,29H,9,14-16H2,1-3H3/t18-,23-,24+,25+,26?/m0/s1. The highest BCUT2D eigenvalue weighted by atomic mass is 16.7. The Morgan fingerprint density at radius 2 is 1.50 bits per heavy atom. The first kappa shape index (κ1) is 25.8. The van der Waals surface area contributed by atoms with Gasteiger partial charge in [-0.05, 0) is 37.1 Å². The Labute approximate surface area is 199 Å². The van der Waals surface area contributed by atoms with E-state index in [4.69, 9.17) is 23.7 Å². The number of rotatable bonds is 11. The number of ether oxygens (including phenoxy) is 5. The molecule has 34 heavy (non-hydrogen) atoms. The molecule has 0 bridgehead atoms. The number of carbonyl (C=O) groups is 2. The Balaban J connectivity index is 1.76. The molecule has 1 aliphatic rings. The molecule has 2 aromatic carbocycles. The van der Waals surface area contributed by atoms with Crippen molar-refractivity contribution in [2.75, 3.05) is 7.11 Å². The predicted molar refractivity (Wildman–Crippen MR) is 123 cm³/mol. The van der Waals surface area contributed by atoms with Crippen molar-refractivity contribution in [3.8, 4) is 5.75 Å². The van der Waals surface area contributed by atoms with Crippen LogP contribution in [-0.4, -0.2) is 54.7 Å². The normalized spacial score (nSPS) is 24.4. The third kappa shape index (κ3) is 7.36. The molecule has 0 saturated carbocycles. The number of aliphatic hydroxyl groups excluding tert-OH is 1. The second-order valence-electron chi connectivity index (χ2n) is 8.27. The summed E-state index contributed by atoms with van der Waals surface area (Å²) in [5, 5.41) is 10.6. The van der Waals surface area contributed by atoms with Crippen molar-refractivity contribution in [1.82, 2.24) is 0 Å². The number of aliphatic hydroxyl groups is 1. The summed E-state index contributed by atoms with van der Waals surface area (Å²) in [5.41, 5.74) is 1.84. The van der Waals surface area contributed by atoms with Crippen molar-refractivity contribution in [3.63, 3.8) is 0 Å². The Bertz CT molecular complexity index is 914. The van der Waals surface area contributed by atoms with Gasteiger partial charge in [0.05, 0.1) is 32.8 Å². The summed E-state index contributed by atoms with van der Waals surface area (Å²) in [4.78, 5) is 23.6. The summed E-state index contributed by atoms with van der Waals surface area (Å²) in [5.74, 6) is -0.0140. The smallest absolute Gasteiger partial charge is 0.306 e. The molecule has 1 fully saturated rings. The van der Waals surface area contributed by atoms with E-state index in [0.29, 0.717) is 6.61 Å². The Morgan fingerprint density at radius 1 is 0.882 bits per heavy atom. The van der Waals surface area contributed by atoms with Crippen molar-refractivity contribution in [2.45, 2.75) is 70.6 Å². The third-order valence-corrected chi connectivity index (χ3v) is 5.58. The maximum atomic E-state index is 12.4. The molecule has 0 amide bonds. The minimum absolute atomic E-state index is 0.0597. The highest BCUT2D eigenvalue weighted by Crippen LogP contribution is 2.29. The third-order valence-electron chi connectivity index (χ3n) is 5.58. The van der Waals surface area contributed by atoms with Crippen LogP contribution in [0.2, 0.25) is 0 Å². The molecule has 184 valence electrons. The summed E-state index contributed by atoms with van der Waals surface area (Å²) in [7, 11) is 1.59. The van der Waals surface area contributed by atoms with Crippen LogP contribution in [0.5, 0.6) is 5.75 Å². The van der Waals surface area contributed by atoms with E-state index in [0.717, 1.165) is 16.9 Å². The zero-order valence-electron chi connectivity index (χ0n) is 19.7. The molecule has 0 aliphatic carbocycles. The van der Waals surface area contributed by atoms with Gasteiger partial charge >= 0.3 is 5.97 Å². The summed E-state index contributed by atoms with van der Waals surface area (Å²) >= 11 is 0. The van der Waals surface area contributed by atoms with E-state index < -0.39 is 36.7 Å². The molecule has 0 aromatic heterocycles. The van der Waals surface area contributed by atoms with E-state index in [1.54, 1.807) is 14.0 Å². The maximum absolute atomic E-state index is 12.4. The molecular formula is C26H32O8. The van der Waals surface area contributed by atoms with Gasteiger partial charge in [-0.25, -0.2) is 0 Å². The summed E-state index contributed by atoms with van der Waals surface area (Å²) in [6.07, 6.45) is -4.48. The van der Waals surface area contributed by atoms with Crippen LogP contribution in [0.4, 0.5) is 0 Å². The van der Waals surface area contributed by atoms with Crippen molar-refractivity contribution in [1.29, 1.82) is 0 Å². The maximum Gasteiger partial charge on any atom is 0.306 e. The zero-order chi connectivity index (χ0) is 24.5. The number of Topliss-reactive ketones (excluding diaryl/α,β-unsaturated/α-hetero) is 1. The lowest BCUT2D eigenvalue weighted by molar-refractivity contribution is -0.300. The zero-order valence-corrected chi connectivity index (χ0v) is 19.7. The van der Waals surface area contributed by atoms with E-state index in [2.05, 4.69) is 0 Å². The molecule has 0 radical (unpaired) electrons. The largest absolute Gasteiger partial charge is 0.497 e. The number of esters is 1. The molecule has 2 aromatic rings. The van der Waals surface area contributed by atoms with Gasteiger partial charge < -0.3 is 33.6 Å². The van der Waals surface area contributed by atoms with E-state index >= 15 is 0 Å². The van der Waals surface area contributed by atoms with Gasteiger partial charge in [0, 0.05) is 6.42 Å². The predicted octanol–water partition coefficient (Wildman–Crippen LogP) is 3.18. The summed E-state index contributed by atoms with van der Waals surface area (Å²) in [6.45, 7) is 3.67. The fraction of sp³-hybridized carbons (Fsp3) is 0.462. The van der Waals surface area contributed by atoms with E-state index in [1.807, 2.05) is 54.6 Å². The molecule has 8 heteroatoms. The van der Waals surface area contributed by atoms with Gasteiger partial charge in [0.25, 0.3) is 0 Å². The van der Waals surface area contributed by atoms with Gasteiger partial charge in [-0.3, -0.25) is 4.79 Å². The first-order valence-corrected chi connectivity index (χ1v) is 11.3. The molecular weight excluding hydrogens is 440 g/mol. The number of methoxy groups -OCH3 is 1. The molecule has 1 saturated heterocycles. The lowest BCUT2D eigenvalue weighted by Gasteiger charge is -2.43. The van der Waals surface area contributed by atoms with Crippen molar-refractivity contribution in [2.24, 2.45) is 0 Å². The van der Waals surface area contributed by atoms with Gasteiger partial charge in [0.2, 0.25) is 0 Å². The van der Waals surface area contributed by atoms with Crippen LogP contribution in [0.3, 0.4) is 0 Å². The van der Waals surface area contributed by atoms with Gasteiger partial charge in [-0.2, -0.15) is 0 Å².